The first-order valence-electron chi connectivity index (χ1n) is 11.5. The maximum atomic E-state index is 11.8. The molecule has 0 saturated carbocycles. The Morgan fingerprint density at radius 2 is 1.69 bits per heavy atom. The van der Waals surface area contributed by atoms with Crippen molar-refractivity contribution in [2.24, 2.45) is 5.73 Å². The van der Waals surface area contributed by atoms with Gasteiger partial charge in [-0.25, -0.2) is 9.78 Å². The number of hydrogen-bond acceptors (Lipinski definition) is 8. The molecule has 2 aromatic carbocycles. The first-order chi connectivity index (χ1) is 17.1. The van der Waals surface area contributed by atoms with Gasteiger partial charge in [0.15, 0.2) is 0 Å². The van der Waals surface area contributed by atoms with Crippen molar-refractivity contribution in [3.63, 3.8) is 0 Å². The quantitative estimate of drug-likeness (QED) is 0.141. The van der Waals surface area contributed by atoms with Crippen LogP contribution in [0.5, 0.6) is 0 Å². The molecule has 4 rings (SSSR count). The van der Waals surface area contributed by atoms with Crippen LogP contribution in [0.1, 0.15) is 33.6 Å². The van der Waals surface area contributed by atoms with Crippen molar-refractivity contribution in [1.29, 1.82) is 0 Å². The summed E-state index contributed by atoms with van der Waals surface area (Å²) in [6.07, 6.45) is 5.35. The molecule has 4 aromatic rings. The minimum atomic E-state index is -0.483. The Balaban J connectivity index is 1.20. The number of primary amides is 1. The lowest BCUT2D eigenvalue weighted by molar-refractivity contribution is 0.0251. The predicted molar refractivity (Wildman–Crippen MR) is 136 cm³/mol. The van der Waals surface area contributed by atoms with Crippen molar-refractivity contribution in [2.75, 3.05) is 31.5 Å². The second kappa shape index (κ2) is 11.9. The van der Waals surface area contributed by atoms with E-state index < -0.39 is 5.91 Å². The van der Waals surface area contributed by atoms with Crippen LogP contribution in [0.2, 0.25) is 0 Å². The number of nitrogens with zero attached hydrogens (tertiary/aromatic N) is 2. The number of nitrogens with two attached hydrogens (primary N) is 1. The second-order valence-electron chi connectivity index (χ2n) is 8.01. The number of carbonyl (C=O) groups excluding carboxylic acids is 2. The fourth-order valence-corrected chi connectivity index (χ4v) is 3.73. The zero-order chi connectivity index (χ0) is 24.5. The SMILES string of the molecule is NC(=O)c1ccc2c(c1)nc(NCCNCCCCNOC(=O)c1ccccc1)c1ccncc12. The lowest BCUT2D eigenvalue weighted by atomic mass is 10.1. The van der Waals surface area contributed by atoms with Gasteiger partial charge >= 0.3 is 5.97 Å². The van der Waals surface area contributed by atoms with E-state index >= 15 is 0 Å². The van der Waals surface area contributed by atoms with Gasteiger partial charge in [0, 0.05) is 53.8 Å². The third-order valence-electron chi connectivity index (χ3n) is 5.53. The summed E-state index contributed by atoms with van der Waals surface area (Å²) in [4.78, 5) is 37.4. The van der Waals surface area contributed by atoms with Crippen LogP contribution < -0.4 is 21.8 Å². The Kier molecular flexibility index (Phi) is 8.16. The zero-order valence-electron chi connectivity index (χ0n) is 19.3. The van der Waals surface area contributed by atoms with Gasteiger partial charge < -0.3 is 21.2 Å². The molecule has 0 bridgehead atoms. The van der Waals surface area contributed by atoms with Crippen molar-refractivity contribution >= 4 is 39.4 Å². The minimum absolute atomic E-state index is 0.383. The molecule has 0 aliphatic carbocycles. The lowest BCUT2D eigenvalue weighted by Gasteiger charge is -2.12. The highest BCUT2D eigenvalue weighted by atomic mass is 16.7. The molecule has 1 amide bonds. The second-order valence-corrected chi connectivity index (χ2v) is 8.01. The molecule has 0 fully saturated rings. The highest BCUT2D eigenvalue weighted by Gasteiger charge is 2.10. The van der Waals surface area contributed by atoms with Crippen molar-refractivity contribution in [3.8, 4) is 0 Å². The number of unbranched alkanes of at least 4 members (excludes halogenated alkanes) is 1. The molecule has 2 heterocycles. The molecule has 0 spiro atoms. The number of nitrogens with one attached hydrogen (secondary N) is 3. The average Bonchev–Trinajstić information content (AvgIpc) is 2.89. The largest absolute Gasteiger partial charge is 0.368 e. The van der Waals surface area contributed by atoms with Gasteiger partial charge in [-0.1, -0.05) is 24.3 Å². The summed E-state index contributed by atoms with van der Waals surface area (Å²) in [7, 11) is 0. The van der Waals surface area contributed by atoms with Crippen LogP contribution >= 0.6 is 0 Å². The Hall–Kier alpha value is -4.08. The van der Waals surface area contributed by atoms with E-state index in [1.807, 2.05) is 18.2 Å². The smallest absolute Gasteiger partial charge is 0.356 e. The molecule has 0 aliphatic heterocycles. The third-order valence-corrected chi connectivity index (χ3v) is 5.53. The maximum Gasteiger partial charge on any atom is 0.356 e. The van der Waals surface area contributed by atoms with Gasteiger partial charge in [-0.2, -0.15) is 5.48 Å². The highest BCUT2D eigenvalue weighted by molar-refractivity contribution is 6.11. The first kappa shape index (κ1) is 24.1. The van der Waals surface area contributed by atoms with Crippen LogP contribution in [0, 0.1) is 0 Å². The monoisotopic (exact) mass is 472 g/mol. The summed E-state index contributed by atoms with van der Waals surface area (Å²) < 4.78 is 0. The molecule has 0 radical (unpaired) electrons. The van der Waals surface area contributed by atoms with Gasteiger partial charge in [0.2, 0.25) is 5.91 Å². The number of amides is 1. The third kappa shape index (κ3) is 6.28. The van der Waals surface area contributed by atoms with E-state index in [9.17, 15) is 9.59 Å². The first-order valence-corrected chi connectivity index (χ1v) is 11.5. The van der Waals surface area contributed by atoms with Crippen LogP contribution in [0.25, 0.3) is 21.7 Å². The Morgan fingerprint density at radius 3 is 2.51 bits per heavy atom. The number of hydrogen-bond donors (Lipinski definition) is 4. The summed E-state index contributed by atoms with van der Waals surface area (Å²) in [5.41, 5.74) is 9.78. The van der Waals surface area contributed by atoms with Gasteiger partial charge in [-0.3, -0.25) is 9.78 Å². The number of pyridine rings is 2. The summed E-state index contributed by atoms with van der Waals surface area (Å²) in [5.74, 6) is -0.128. The average molecular weight is 473 g/mol. The Morgan fingerprint density at radius 1 is 0.857 bits per heavy atom. The van der Waals surface area contributed by atoms with Gasteiger partial charge in [-0.05, 0) is 49.7 Å². The number of rotatable bonds is 12. The van der Waals surface area contributed by atoms with Gasteiger partial charge in [-0.15, -0.1) is 0 Å². The van der Waals surface area contributed by atoms with Gasteiger partial charge in [0.05, 0.1) is 11.1 Å². The Bertz CT molecular complexity index is 1310. The van der Waals surface area contributed by atoms with E-state index in [4.69, 9.17) is 15.6 Å². The van der Waals surface area contributed by atoms with E-state index in [1.54, 1.807) is 48.8 Å². The number of hydroxylamine groups is 1. The number of carbonyl (C=O) groups is 2. The van der Waals surface area contributed by atoms with E-state index in [2.05, 4.69) is 21.1 Å². The molecule has 35 heavy (non-hydrogen) atoms. The molecule has 0 unspecified atom stereocenters. The highest BCUT2D eigenvalue weighted by Crippen LogP contribution is 2.29. The summed E-state index contributed by atoms with van der Waals surface area (Å²) in [6.45, 7) is 2.86. The molecule has 0 aliphatic rings. The normalized spacial score (nSPS) is 11.0. The maximum absolute atomic E-state index is 11.8. The van der Waals surface area contributed by atoms with Crippen LogP contribution in [-0.2, 0) is 4.84 Å². The molecular weight excluding hydrogens is 444 g/mol. The van der Waals surface area contributed by atoms with Crippen LogP contribution in [0.3, 0.4) is 0 Å². The van der Waals surface area contributed by atoms with E-state index in [0.29, 0.717) is 29.7 Å². The van der Waals surface area contributed by atoms with Crippen molar-refractivity contribution in [2.45, 2.75) is 12.8 Å². The topological polar surface area (TPSA) is 131 Å². The van der Waals surface area contributed by atoms with Crippen LogP contribution in [-0.4, -0.2) is 48.0 Å². The Labute approximate surface area is 203 Å². The molecule has 180 valence electrons. The molecule has 9 nitrogen and oxygen atoms in total. The van der Waals surface area contributed by atoms with E-state index in [-0.39, 0.29) is 5.97 Å². The minimum Gasteiger partial charge on any atom is -0.368 e. The number of fused-ring (bicyclic) bond motifs is 3. The van der Waals surface area contributed by atoms with Crippen molar-refractivity contribution in [3.05, 3.63) is 78.1 Å². The molecule has 5 N–H and O–H groups in total. The molecule has 0 saturated heterocycles. The van der Waals surface area contributed by atoms with Crippen LogP contribution in [0.15, 0.2) is 67.0 Å². The fraction of sp³-hybridized carbons (Fsp3) is 0.231. The zero-order valence-corrected chi connectivity index (χ0v) is 19.3. The predicted octanol–water partition coefficient (Wildman–Crippen LogP) is 3.03. The molecule has 9 heteroatoms. The summed E-state index contributed by atoms with van der Waals surface area (Å²) in [6, 6.07) is 16.1. The fourth-order valence-electron chi connectivity index (χ4n) is 3.73. The van der Waals surface area contributed by atoms with Crippen LogP contribution in [0.4, 0.5) is 5.82 Å². The standard InChI is InChI=1S/C26H28N6O3/c27-24(33)19-8-9-20-22-17-29-13-10-21(22)25(32-23(20)16-19)30-15-14-28-11-4-5-12-31-35-26(34)18-6-2-1-3-7-18/h1-3,6-10,13,16-17,28,31H,4-5,11-12,14-15H2,(H2,27,33)(H,30,32). The van der Waals surface area contributed by atoms with Crippen molar-refractivity contribution < 1.29 is 14.4 Å². The molecular formula is C26H28N6O3. The summed E-state index contributed by atoms with van der Waals surface area (Å²) in [5, 5.41) is 9.62. The van der Waals surface area contributed by atoms with Gasteiger partial charge in [0.1, 0.15) is 5.82 Å². The number of benzene rings is 2. The van der Waals surface area contributed by atoms with E-state index in [1.165, 1.54) is 0 Å². The van der Waals surface area contributed by atoms with Crippen molar-refractivity contribution in [1.82, 2.24) is 20.8 Å². The lowest BCUT2D eigenvalue weighted by Crippen LogP contribution is -2.25. The summed E-state index contributed by atoms with van der Waals surface area (Å²) >= 11 is 0. The molecule has 2 aromatic heterocycles. The molecule has 0 atom stereocenters. The van der Waals surface area contributed by atoms with E-state index in [0.717, 1.165) is 47.9 Å². The van der Waals surface area contributed by atoms with Gasteiger partial charge in [0.25, 0.3) is 0 Å². The number of aromatic nitrogens is 2. The number of anilines is 1.